The lowest BCUT2D eigenvalue weighted by Crippen LogP contribution is -2.46. The van der Waals surface area contributed by atoms with Crippen LogP contribution in [0.5, 0.6) is 0 Å². The Hall–Kier alpha value is -1.75. The Labute approximate surface area is 156 Å². The summed E-state index contributed by atoms with van der Waals surface area (Å²) in [6.45, 7) is 0.437. The average Bonchev–Trinajstić information content (AvgIpc) is 3.16. The van der Waals surface area contributed by atoms with Gasteiger partial charge in [0, 0.05) is 6.04 Å². The number of thioether (sulfide) groups is 1. The van der Waals surface area contributed by atoms with Crippen LogP contribution < -0.4 is 5.84 Å². The van der Waals surface area contributed by atoms with E-state index < -0.39 is 24.7 Å². The van der Waals surface area contributed by atoms with Crippen LogP contribution in [0.2, 0.25) is 0 Å². The first kappa shape index (κ1) is 19.0. The summed E-state index contributed by atoms with van der Waals surface area (Å²) < 4.78 is 39.8. The van der Waals surface area contributed by atoms with Crippen LogP contribution in [-0.4, -0.2) is 50.2 Å². The third-order valence-electron chi connectivity index (χ3n) is 4.20. The van der Waals surface area contributed by atoms with Gasteiger partial charge in [0.05, 0.1) is 10.6 Å². The van der Waals surface area contributed by atoms with Crippen LogP contribution in [0.4, 0.5) is 13.2 Å². The van der Waals surface area contributed by atoms with Crippen molar-refractivity contribution in [2.45, 2.75) is 37.1 Å². The Morgan fingerprint density at radius 2 is 2.23 bits per heavy atom. The number of alkyl halides is 3. The molecule has 0 aliphatic heterocycles. The Morgan fingerprint density at radius 3 is 2.81 bits per heavy atom. The molecule has 0 bridgehead atoms. The number of halogens is 3. The van der Waals surface area contributed by atoms with Crippen LogP contribution in [0, 0.1) is 5.92 Å². The van der Waals surface area contributed by atoms with Gasteiger partial charge in [-0.3, -0.25) is 4.79 Å². The molecule has 1 aliphatic carbocycles. The molecule has 1 amide bonds. The quantitative estimate of drug-likeness (QED) is 0.566. The number of rotatable bonds is 7. The van der Waals surface area contributed by atoms with Gasteiger partial charge in [0.1, 0.15) is 6.54 Å². The summed E-state index contributed by atoms with van der Waals surface area (Å²) in [5, 5.41) is 10.1. The molecule has 0 aromatic carbocycles. The van der Waals surface area contributed by atoms with Crippen LogP contribution in [0.25, 0.3) is 10.7 Å². The topological polar surface area (TPSA) is 77.0 Å². The number of carbonyl (C=O) groups excluding carboxylic acids is 1. The molecule has 1 saturated carbocycles. The predicted molar refractivity (Wildman–Crippen MR) is 94.2 cm³/mol. The molecule has 11 heteroatoms. The van der Waals surface area contributed by atoms with Gasteiger partial charge in [0.25, 0.3) is 0 Å². The van der Waals surface area contributed by atoms with Crippen molar-refractivity contribution < 1.29 is 18.0 Å². The third-order valence-corrected chi connectivity index (χ3v) is 5.99. The summed E-state index contributed by atoms with van der Waals surface area (Å²) in [5.41, 5.74) is 0. The number of nitrogens with two attached hydrogens (primary N) is 1. The molecule has 1 atom stereocenters. The van der Waals surface area contributed by atoms with Gasteiger partial charge in [0.2, 0.25) is 11.1 Å². The summed E-state index contributed by atoms with van der Waals surface area (Å²) in [6.07, 6.45) is -2.71. The summed E-state index contributed by atoms with van der Waals surface area (Å²) in [4.78, 5) is 14.2. The van der Waals surface area contributed by atoms with Crippen LogP contribution >= 0.6 is 23.1 Å². The molecule has 0 spiro atoms. The standard InChI is InChI=1S/C15H18F3N5OS2/c1-9(10-4-5-10)22(8-15(16,17)18)12(24)7-26-14-21-20-13(23(14)19)11-3-2-6-25-11/h2-3,6,9-10H,4-5,7-8,19H2,1H3/t9-/m0/s1. The second-order valence-corrected chi connectivity index (χ2v) is 8.05. The molecule has 3 rings (SSSR count). The van der Waals surface area contributed by atoms with Crippen LogP contribution in [0.15, 0.2) is 22.7 Å². The SMILES string of the molecule is C[C@@H](C1CC1)N(CC(F)(F)F)C(=O)CSc1nnc(-c2cccs2)n1N. The van der Waals surface area contributed by atoms with Crippen LogP contribution in [0.1, 0.15) is 19.8 Å². The smallest absolute Gasteiger partial charge is 0.335 e. The fraction of sp³-hybridized carbons (Fsp3) is 0.533. The van der Waals surface area contributed by atoms with Crippen molar-refractivity contribution in [2.75, 3.05) is 18.1 Å². The molecule has 2 N–H and O–H groups in total. The zero-order valence-corrected chi connectivity index (χ0v) is 15.6. The highest BCUT2D eigenvalue weighted by molar-refractivity contribution is 7.99. The van der Waals surface area contributed by atoms with Crippen molar-refractivity contribution in [3.05, 3.63) is 17.5 Å². The van der Waals surface area contributed by atoms with Crippen molar-refractivity contribution in [2.24, 2.45) is 5.92 Å². The van der Waals surface area contributed by atoms with Crippen molar-refractivity contribution in [1.82, 2.24) is 19.8 Å². The molecule has 2 heterocycles. The van der Waals surface area contributed by atoms with Crippen LogP contribution in [0.3, 0.4) is 0 Å². The molecule has 2 aromatic rings. The number of nitrogen functional groups attached to an aromatic ring is 1. The molecule has 0 unspecified atom stereocenters. The maximum Gasteiger partial charge on any atom is 0.406 e. The largest absolute Gasteiger partial charge is 0.406 e. The lowest BCUT2D eigenvalue weighted by Gasteiger charge is -2.30. The minimum Gasteiger partial charge on any atom is -0.335 e. The summed E-state index contributed by atoms with van der Waals surface area (Å²) in [7, 11) is 0. The maximum atomic E-state index is 12.9. The van der Waals surface area contributed by atoms with E-state index in [4.69, 9.17) is 5.84 Å². The molecule has 0 saturated heterocycles. The van der Waals surface area contributed by atoms with Gasteiger partial charge in [0.15, 0.2) is 5.82 Å². The number of carbonyl (C=O) groups is 1. The first-order chi connectivity index (χ1) is 12.3. The summed E-state index contributed by atoms with van der Waals surface area (Å²) >= 11 is 2.43. The van der Waals surface area contributed by atoms with Gasteiger partial charge < -0.3 is 10.7 Å². The monoisotopic (exact) mass is 405 g/mol. The van der Waals surface area contributed by atoms with Crippen molar-refractivity contribution >= 4 is 29.0 Å². The molecule has 0 radical (unpaired) electrons. The van der Waals surface area contributed by atoms with E-state index in [1.165, 1.54) is 16.0 Å². The van der Waals surface area contributed by atoms with Crippen molar-refractivity contribution in [3.63, 3.8) is 0 Å². The van der Waals surface area contributed by atoms with Crippen molar-refractivity contribution in [1.29, 1.82) is 0 Å². The van der Waals surface area contributed by atoms with E-state index in [9.17, 15) is 18.0 Å². The fourth-order valence-corrected chi connectivity index (χ4v) is 4.09. The summed E-state index contributed by atoms with van der Waals surface area (Å²) in [6, 6.07) is 3.25. The van der Waals surface area contributed by atoms with Gasteiger partial charge in [-0.05, 0) is 37.1 Å². The minimum atomic E-state index is -4.43. The molecule has 6 nitrogen and oxygen atoms in total. The van der Waals surface area contributed by atoms with Gasteiger partial charge in [-0.25, -0.2) is 4.68 Å². The van der Waals surface area contributed by atoms with E-state index in [-0.39, 0.29) is 16.8 Å². The van der Waals surface area contributed by atoms with E-state index in [1.807, 2.05) is 17.5 Å². The number of thiophene rings is 1. The normalized spacial score (nSPS) is 15.8. The first-order valence-corrected chi connectivity index (χ1v) is 9.86. The molecular formula is C15H18F3N5OS2. The van der Waals surface area contributed by atoms with E-state index in [2.05, 4.69) is 10.2 Å². The van der Waals surface area contributed by atoms with Crippen LogP contribution in [-0.2, 0) is 4.79 Å². The van der Waals surface area contributed by atoms with Crippen molar-refractivity contribution in [3.8, 4) is 10.7 Å². The van der Waals surface area contributed by atoms with E-state index in [1.54, 1.807) is 6.92 Å². The highest BCUT2D eigenvalue weighted by Gasteiger charge is 2.40. The highest BCUT2D eigenvalue weighted by atomic mass is 32.2. The lowest BCUT2D eigenvalue weighted by atomic mass is 10.2. The number of hydrogen-bond acceptors (Lipinski definition) is 6. The molecule has 1 fully saturated rings. The predicted octanol–water partition coefficient (Wildman–Crippen LogP) is 3.00. The van der Waals surface area contributed by atoms with E-state index >= 15 is 0 Å². The number of aromatic nitrogens is 3. The Bertz CT molecular complexity index is 758. The Morgan fingerprint density at radius 1 is 1.50 bits per heavy atom. The molecule has 1 aliphatic rings. The van der Waals surface area contributed by atoms with Gasteiger partial charge in [-0.1, -0.05) is 17.8 Å². The van der Waals surface area contributed by atoms with E-state index in [0.717, 1.165) is 34.4 Å². The fourth-order valence-electron chi connectivity index (χ4n) is 2.64. The number of amides is 1. The third kappa shape index (κ3) is 4.50. The zero-order valence-electron chi connectivity index (χ0n) is 13.9. The second-order valence-electron chi connectivity index (χ2n) is 6.16. The van der Waals surface area contributed by atoms with E-state index in [0.29, 0.717) is 5.82 Å². The lowest BCUT2D eigenvalue weighted by molar-refractivity contribution is -0.164. The summed E-state index contributed by atoms with van der Waals surface area (Å²) in [5.74, 6) is 5.80. The first-order valence-electron chi connectivity index (χ1n) is 7.99. The Balaban J connectivity index is 1.66. The minimum absolute atomic E-state index is 0.148. The molecule has 2 aromatic heterocycles. The average molecular weight is 405 g/mol. The molecular weight excluding hydrogens is 387 g/mol. The molecule has 142 valence electrons. The molecule has 26 heavy (non-hydrogen) atoms. The zero-order chi connectivity index (χ0) is 18.9. The number of nitrogens with zero attached hydrogens (tertiary/aromatic N) is 4. The van der Waals surface area contributed by atoms with Gasteiger partial charge >= 0.3 is 6.18 Å². The second kappa shape index (κ2) is 7.47. The number of hydrogen-bond donors (Lipinski definition) is 1. The maximum absolute atomic E-state index is 12.9. The highest BCUT2D eigenvalue weighted by Crippen LogP contribution is 2.36. The Kier molecular flexibility index (Phi) is 5.47. The van der Waals surface area contributed by atoms with Gasteiger partial charge in [-0.2, -0.15) is 13.2 Å². The van der Waals surface area contributed by atoms with Gasteiger partial charge in [-0.15, -0.1) is 21.5 Å².